The number of ketones is 1. The molecule has 2 N–H and O–H groups in total. The molecule has 1 aromatic carbocycles. The van der Waals surface area contributed by atoms with Crippen molar-refractivity contribution in [3.63, 3.8) is 0 Å². The molecule has 9 nitrogen and oxygen atoms in total. The van der Waals surface area contributed by atoms with Gasteiger partial charge in [0.15, 0.2) is 0 Å². The number of amides is 1. The summed E-state index contributed by atoms with van der Waals surface area (Å²) in [5.74, 6) is -5.57. The van der Waals surface area contributed by atoms with E-state index in [0.717, 1.165) is 7.11 Å². The lowest BCUT2D eigenvalue weighted by molar-refractivity contribution is -0.206. The average Bonchev–Trinajstić information content (AvgIpc) is 2.58. The third-order valence-corrected chi connectivity index (χ3v) is 4.44. The lowest BCUT2D eigenvalue weighted by atomic mass is 9.90. The molecule has 0 radical (unpaired) electrons. The highest BCUT2D eigenvalue weighted by atomic mass is 32.2. The Labute approximate surface area is 151 Å². The van der Waals surface area contributed by atoms with Gasteiger partial charge in [0.25, 0.3) is 10.1 Å². The van der Waals surface area contributed by atoms with E-state index in [1.165, 1.54) is 24.3 Å². The van der Waals surface area contributed by atoms with Gasteiger partial charge in [0.2, 0.25) is 17.2 Å². The lowest BCUT2D eigenvalue weighted by Crippen LogP contribution is -2.65. The zero-order valence-electron chi connectivity index (χ0n) is 14.4. The number of carboxylic acids is 1. The number of carboxylic acid groups (broad SMARTS) is 1. The maximum absolute atomic E-state index is 12.9. The van der Waals surface area contributed by atoms with Crippen molar-refractivity contribution < 1.29 is 37.3 Å². The second kappa shape index (κ2) is 8.88. The quantitative estimate of drug-likeness (QED) is 0.264. The van der Waals surface area contributed by atoms with Crippen molar-refractivity contribution in [3.8, 4) is 0 Å². The number of nitrogens with zero attached hydrogens (tertiary/aromatic N) is 1. The fraction of sp³-hybridized carbons (Fsp3) is 0.438. The van der Waals surface area contributed by atoms with Gasteiger partial charge >= 0.3 is 5.97 Å². The number of unbranched alkanes of at least 4 members (excludes halogenated alkanes) is 1. The molecular formula is C16H21NO8S. The molecule has 10 heteroatoms. The first-order chi connectivity index (χ1) is 12.1. The van der Waals surface area contributed by atoms with Crippen LogP contribution < -0.4 is 0 Å². The van der Waals surface area contributed by atoms with Gasteiger partial charge in [0.05, 0.1) is 7.11 Å². The number of aliphatic carboxylic acids is 1. The minimum absolute atomic E-state index is 0.149. The van der Waals surface area contributed by atoms with Crippen molar-refractivity contribution in [2.45, 2.75) is 31.7 Å². The third kappa shape index (κ3) is 4.87. The molecule has 0 bridgehead atoms. The number of benzene rings is 1. The van der Waals surface area contributed by atoms with E-state index in [4.69, 9.17) is 4.84 Å². The van der Waals surface area contributed by atoms with E-state index in [2.05, 4.69) is 0 Å². The van der Waals surface area contributed by atoms with Crippen LogP contribution in [0.2, 0.25) is 0 Å². The second-order valence-electron chi connectivity index (χ2n) is 5.56. The summed E-state index contributed by atoms with van der Waals surface area (Å²) in [6.07, 6.45) is 0.820. The van der Waals surface area contributed by atoms with Crippen LogP contribution in [0.1, 0.15) is 36.5 Å². The van der Waals surface area contributed by atoms with Crippen molar-refractivity contribution in [2.24, 2.45) is 0 Å². The number of carbonyl (C=O) groups excluding carboxylic acids is 2. The molecule has 144 valence electrons. The number of Topliss-reactive ketones (excluding diaryl/α,β-unsaturated/α-hetero) is 1. The summed E-state index contributed by atoms with van der Waals surface area (Å²) in [4.78, 5) is 42.2. The van der Waals surface area contributed by atoms with Crippen LogP contribution in [0.25, 0.3) is 0 Å². The number of hydrogen-bond acceptors (Lipinski definition) is 6. The van der Waals surface area contributed by atoms with Gasteiger partial charge in [-0.3, -0.25) is 19.0 Å². The molecule has 0 aliphatic rings. The summed E-state index contributed by atoms with van der Waals surface area (Å²) in [5, 5.41) is 9.95. The van der Waals surface area contributed by atoms with Crippen LogP contribution in [0, 0.1) is 0 Å². The lowest BCUT2D eigenvalue weighted by Gasteiger charge is -2.36. The second-order valence-corrected chi connectivity index (χ2v) is 7.01. The fourth-order valence-electron chi connectivity index (χ4n) is 2.45. The minimum Gasteiger partial charge on any atom is -0.479 e. The first-order valence-electron chi connectivity index (χ1n) is 7.75. The molecule has 0 aromatic heterocycles. The fourth-order valence-corrected chi connectivity index (χ4v) is 3.35. The Bertz CT molecular complexity index is 762. The van der Waals surface area contributed by atoms with Crippen LogP contribution >= 0.6 is 0 Å². The maximum atomic E-state index is 12.9. The molecular weight excluding hydrogens is 366 g/mol. The molecule has 0 aliphatic heterocycles. The molecule has 26 heavy (non-hydrogen) atoms. The molecule has 1 amide bonds. The molecule has 0 spiro atoms. The smallest absolute Gasteiger partial charge is 0.341 e. The summed E-state index contributed by atoms with van der Waals surface area (Å²) in [7, 11) is -4.02. The zero-order chi connectivity index (χ0) is 20.0. The van der Waals surface area contributed by atoms with Gasteiger partial charge in [-0.2, -0.15) is 13.5 Å². The van der Waals surface area contributed by atoms with Gasteiger partial charge in [-0.25, -0.2) is 4.79 Å². The van der Waals surface area contributed by atoms with E-state index >= 15 is 0 Å². The summed E-state index contributed by atoms with van der Waals surface area (Å²) in [6, 6.07) is 7.01. The average molecular weight is 387 g/mol. The van der Waals surface area contributed by atoms with Gasteiger partial charge in [-0.05, 0) is 6.42 Å². The number of rotatable bonds is 10. The van der Waals surface area contributed by atoms with E-state index < -0.39 is 39.1 Å². The maximum Gasteiger partial charge on any atom is 0.341 e. The van der Waals surface area contributed by atoms with Crippen LogP contribution in [0.3, 0.4) is 0 Å². The Kier molecular flexibility index (Phi) is 7.42. The van der Waals surface area contributed by atoms with Gasteiger partial charge in [0, 0.05) is 12.0 Å². The highest BCUT2D eigenvalue weighted by molar-refractivity contribution is 7.85. The monoisotopic (exact) mass is 387 g/mol. The SMILES string of the molecule is CCCCC(=O)N(OC)[C@@](CS(=O)(=O)O)(C(=O)O)C(=O)c1ccccc1. The van der Waals surface area contributed by atoms with Gasteiger partial charge in [-0.15, -0.1) is 0 Å². The van der Waals surface area contributed by atoms with Gasteiger partial charge in [-0.1, -0.05) is 43.7 Å². The van der Waals surface area contributed by atoms with Crippen LogP contribution in [0.5, 0.6) is 0 Å². The normalized spacial score (nSPS) is 13.7. The van der Waals surface area contributed by atoms with Crippen LogP contribution in [0.4, 0.5) is 0 Å². The summed E-state index contributed by atoms with van der Waals surface area (Å²) in [5.41, 5.74) is -3.11. The van der Waals surface area contributed by atoms with Crippen LogP contribution in [-0.2, 0) is 24.5 Å². The van der Waals surface area contributed by atoms with E-state index in [0.29, 0.717) is 12.8 Å². The minimum atomic E-state index is -4.96. The number of hydroxylamine groups is 2. The Hall–Kier alpha value is -2.30. The highest BCUT2D eigenvalue weighted by Gasteiger charge is 2.57. The van der Waals surface area contributed by atoms with E-state index in [1.54, 1.807) is 13.0 Å². The molecule has 0 unspecified atom stereocenters. The van der Waals surface area contributed by atoms with Crippen molar-refractivity contribution in [2.75, 3.05) is 12.9 Å². The van der Waals surface area contributed by atoms with E-state index in [9.17, 15) is 32.5 Å². The summed E-state index contributed by atoms with van der Waals surface area (Å²) in [6.45, 7) is 1.79. The Balaban J connectivity index is 3.59. The summed E-state index contributed by atoms with van der Waals surface area (Å²) >= 11 is 0. The van der Waals surface area contributed by atoms with Gasteiger partial charge in [0.1, 0.15) is 5.75 Å². The molecule has 0 aliphatic carbocycles. The molecule has 1 atom stereocenters. The largest absolute Gasteiger partial charge is 0.479 e. The molecule has 0 fully saturated rings. The highest BCUT2D eigenvalue weighted by Crippen LogP contribution is 2.26. The zero-order valence-corrected chi connectivity index (χ0v) is 15.2. The first-order valence-corrected chi connectivity index (χ1v) is 9.36. The Morgan fingerprint density at radius 2 is 1.77 bits per heavy atom. The van der Waals surface area contributed by atoms with E-state index in [-0.39, 0.29) is 17.0 Å². The molecule has 1 aromatic rings. The molecule has 0 heterocycles. The van der Waals surface area contributed by atoms with Crippen molar-refractivity contribution >= 4 is 27.8 Å². The third-order valence-electron chi connectivity index (χ3n) is 3.66. The Morgan fingerprint density at radius 3 is 2.19 bits per heavy atom. The predicted octanol–water partition coefficient (Wildman–Crippen LogP) is 1.16. The van der Waals surface area contributed by atoms with Crippen LogP contribution in [0.15, 0.2) is 30.3 Å². The van der Waals surface area contributed by atoms with Crippen molar-refractivity contribution in [1.29, 1.82) is 0 Å². The predicted molar refractivity (Wildman–Crippen MR) is 90.9 cm³/mol. The van der Waals surface area contributed by atoms with Crippen molar-refractivity contribution in [3.05, 3.63) is 35.9 Å². The summed E-state index contributed by atoms with van der Waals surface area (Å²) < 4.78 is 32.2. The van der Waals surface area contributed by atoms with E-state index in [1.807, 2.05) is 0 Å². The topological polar surface area (TPSA) is 138 Å². The standard InChI is InChI=1S/C16H21NO8S/c1-3-4-10-13(18)17(25-2)16(15(20)21,11-26(22,23)24)14(19)12-8-6-5-7-9-12/h5-9H,3-4,10-11H2,1-2H3,(H,20,21)(H,22,23,24)/t16-/m1/s1. The first kappa shape index (κ1) is 21.7. The van der Waals surface area contributed by atoms with Gasteiger partial charge < -0.3 is 5.11 Å². The van der Waals surface area contributed by atoms with Crippen molar-refractivity contribution in [1.82, 2.24) is 5.06 Å². The Morgan fingerprint density at radius 1 is 1.19 bits per heavy atom. The molecule has 0 saturated carbocycles. The molecule has 1 rings (SSSR count). The molecule has 0 saturated heterocycles. The number of carbonyl (C=O) groups is 3. The van der Waals surface area contributed by atoms with Crippen LogP contribution in [-0.4, -0.2) is 59.2 Å². The number of hydrogen-bond donors (Lipinski definition) is 2.